The molecule has 1 saturated heterocycles. The smallest absolute Gasteiger partial charge is 0.416 e. The van der Waals surface area contributed by atoms with Gasteiger partial charge in [0.05, 0.1) is 54.1 Å². The van der Waals surface area contributed by atoms with Gasteiger partial charge in [0.1, 0.15) is 6.61 Å². The summed E-state index contributed by atoms with van der Waals surface area (Å²) in [5.74, 6) is -0.602. The van der Waals surface area contributed by atoms with Crippen molar-refractivity contribution in [2.24, 2.45) is 0 Å². The summed E-state index contributed by atoms with van der Waals surface area (Å²) in [5.41, 5.74) is -4.22. The number of hydrogen-bond acceptors (Lipinski definition) is 8. The maximum atomic E-state index is 13.8. The van der Waals surface area contributed by atoms with Crippen LogP contribution in [0.1, 0.15) is 40.8 Å². The SMILES string of the molecule is CC(c1cc(C(F)(F)F)cc(C(F)(F)F)c1)N(Cc1cc(C(F)(F)F)ccc1N1CCOCC1)c1ncc(OCCS(C)(=O)=O)cn1. The number of rotatable bonds is 10. The molecule has 0 bridgehead atoms. The van der Waals surface area contributed by atoms with Gasteiger partial charge in [-0.25, -0.2) is 18.4 Å². The van der Waals surface area contributed by atoms with E-state index < -0.39 is 63.2 Å². The second kappa shape index (κ2) is 13.7. The maximum absolute atomic E-state index is 13.8. The molecule has 1 atom stereocenters. The minimum absolute atomic E-state index is 0.00324. The monoisotopic (exact) mass is 700 g/mol. The minimum Gasteiger partial charge on any atom is -0.489 e. The lowest BCUT2D eigenvalue weighted by Crippen LogP contribution is -2.37. The van der Waals surface area contributed by atoms with Crippen molar-refractivity contribution in [2.45, 2.75) is 38.0 Å². The minimum atomic E-state index is -5.15. The van der Waals surface area contributed by atoms with Crippen LogP contribution in [0, 0.1) is 0 Å². The first-order valence-corrected chi connectivity index (χ1v) is 16.0. The summed E-state index contributed by atoms with van der Waals surface area (Å²) in [6.45, 7) is 1.71. The summed E-state index contributed by atoms with van der Waals surface area (Å²) >= 11 is 0. The molecule has 18 heteroatoms. The van der Waals surface area contributed by atoms with Crippen LogP contribution in [0.2, 0.25) is 0 Å². The Kier molecular flexibility index (Phi) is 10.5. The Morgan fingerprint density at radius 3 is 1.94 bits per heavy atom. The Balaban J connectivity index is 1.83. The molecule has 4 rings (SSSR count). The molecule has 47 heavy (non-hydrogen) atoms. The van der Waals surface area contributed by atoms with E-state index in [4.69, 9.17) is 9.47 Å². The van der Waals surface area contributed by atoms with E-state index in [1.165, 1.54) is 17.9 Å². The number of hydrogen-bond donors (Lipinski definition) is 0. The number of anilines is 2. The third kappa shape index (κ3) is 9.62. The fourth-order valence-electron chi connectivity index (χ4n) is 4.81. The van der Waals surface area contributed by atoms with Gasteiger partial charge < -0.3 is 19.3 Å². The van der Waals surface area contributed by atoms with Crippen molar-refractivity contribution in [3.63, 3.8) is 0 Å². The van der Waals surface area contributed by atoms with E-state index in [1.54, 1.807) is 4.90 Å². The Bertz CT molecular complexity index is 1610. The van der Waals surface area contributed by atoms with Crippen LogP contribution in [-0.2, 0) is 39.6 Å². The summed E-state index contributed by atoms with van der Waals surface area (Å²) in [4.78, 5) is 11.2. The number of nitrogens with zero attached hydrogens (tertiary/aromatic N) is 4. The zero-order valence-corrected chi connectivity index (χ0v) is 25.7. The molecule has 1 aliphatic heterocycles. The van der Waals surface area contributed by atoms with Crippen LogP contribution in [0.3, 0.4) is 0 Å². The number of aromatic nitrogens is 2. The highest BCUT2D eigenvalue weighted by Gasteiger charge is 2.38. The molecule has 1 fully saturated rings. The molecule has 0 radical (unpaired) electrons. The summed E-state index contributed by atoms with van der Waals surface area (Å²) in [6.07, 6.45) is -11.9. The molecule has 0 aliphatic carbocycles. The molecule has 2 aromatic carbocycles. The van der Waals surface area contributed by atoms with Gasteiger partial charge in [-0.05, 0) is 54.4 Å². The first kappa shape index (κ1) is 36.0. The molecule has 2 heterocycles. The first-order valence-electron chi connectivity index (χ1n) is 13.9. The van der Waals surface area contributed by atoms with E-state index in [9.17, 15) is 47.9 Å². The molecule has 8 nitrogen and oxygen atoms in total. The third-order valence-corrected chi connectivity index (χ3v) is 8.16. The highest BCUT2D eigenvalue weighted by Crippen LogP contribution is 2.40. The summed E-state index contributed by atoms with van der Waals surface area (Å²) in [6, 6.07) is 2.68. The molecule has 0 spiro atoms. The Morgan fingerprint density at radius 2 is 1.43 bits per heavy atom. The number of alkyl halides is 9. The van der Waals surface area contributed by atoms with Crippen LogP contribution in [-0.4, -0.2) is 63.3 Å². The fraction of sp³-hybridized carbons (Fsp3) is 0.448. The zero-order chi connectivity index (χ0) is 34.8. The van der Waals surface area contributed by atoms with Crippen LogP contribution in [0.15, 0.2) is 48.8 Å². The van der Waals surface area contributed by atoms with E-state index in [0.29, 0.717) is 30.9 Å². The van der Waals surface area contributed by atoms with Gasteiger partial charge in [0, 0.05) is 31.6 Å². The Morgan fingerprint density at radius 1 is 0.872 bits per heavy atom. The molecule has 3 aromatic rings. The van der Waals surface area contributed by atoms with Crippen molar-refractivity contribution in [1.29, 1.82) is 0 Å². The topological polar surface area (TPSA) is 84.9 Å². The molecule has 1 unspecified atom stereocenters. The summed E-state index contributed by atoms with van der Waals surface area (Å²) in [5, 5.41) is 0. The highest BCUT2D eigenvalue weighted by molar-refractivity contribution is 7.90. The van der Waals surface area contributed by atoms with E-state index in [0.717, 1.165) is 30.8 Å². The normalized spacial score (nSPS) is 15.4. The van der Waals surface area contributed by atoms with E-state index in [2.05, 4.69) is 9.97 Å². The Hall–Kier alpha value is -3.80. The van der Waals surface area contributed by atoms with Crippen molar-refractivity contribution in [3.05, 3.63) is 76.6 Å². The van der Waals surface area contributed by atoms with Gasteiger partial charge in [-0.3, -0.25) is 0 Å². The molecule has 1 aliphatic rings. The van der Waals surface area contributed by atoms with Crippen LogP contribution >= 0.6 is 0 Å². The summed E-state index contributed by atoms with van der Waals surface area (Å²) in [7, 11) is -3.37. The number of benzene rings is 2. The van der Waals surface area contributed by atoms with E-state index in [-0.39, 0.29) is 48.9 Å². The van der Waals surface area contributed by atoms with Crippen molar-refractivity contribution in [1.82, 2.24) is 9.97 Å². The number of ether oxygens (including phenoxy) is 2. The molecule has 0 N–H and O–H groups in total. The average Bonchev–Trinajstić information content (AvgIpc) is 2.98. The lowest BCUT2D eigenvalue weighted by Gasteiger charge is -2.34. The lowest BCUT2D eigenvalue weighted by atomic mass is 9.98. The van der Waals surface area contributed by atoms with E-state index >= 15 is 0 Å². The standard InChI is InChI=1S/C29H29F9N4O4S/c1-18(19-11-22(28(33,34)35)14-23(12-19)29(36,37)38)42(26-39-15-24(16-40-26)46-9-10-47(2,43)44)17-20-13-21(27(30,31)32)3-4-25(20)41-5-7-45-8-6-41/h3-4,11-16,18H,5-10,17H2,1-2H3. The second-order valence-corrected chi connectivity index (χ2v) is 13.0. The molecule has 0 saturated carbocycles. The van der Waals surface area contributed by atoms with Gasteiger partial charge in [0.15, 0.2) is 15.6 Å². The predicted molar refractivity (Wildman–Crippen MR) is 153 cm³/mol. The van der Waals surface area contributed by atoms with Gasteiger partial charge in [0.25, 0.3) is 0 Å². The maximum Gasteiger partial charge on any atom is 0.416 e. The quantitative estimate of drug-likeness (QED) is 0.220. The van der Waals surface area contributed by atoms with Crippen LogP contribution in [0.4, 0.5) is 51.1 Å². The number of sulfone groups is 1. The lowest BCUT2D eigenvalue weighted by molar-refractivity contribution is -0.143. The Labute approximate surface area is 264 Å². The molecule has 1 aromatic heterocycles. The van der Waals surface area contributed by atoms with Crippen molar-refractivity contribution < 1.29 is 57.4 Å². The molecular weight excluding hydrogens is 671 g/mol. The fourth-order valence-corrected chi connectivity index (χ4v) is 5.19. The first-order chi connectivity index (χ1) is 21.7. The molecule has 0 amide bonds. The van der Waals surface area contributed by atoms with Crippen molar-refractivity contribution >= 4 is 21.5 Å². The largest absolute Gasteiger partial charge is 0.489 e. The van der Waals surface area contributed by atoms with Gasteiger partial charge in [0.2, 0.25) is 5.95 Å². The zero-order valence-electron chi connectivity index (χ0n) is 24.9. The second-order valence-electron chi connectivity index (χ2n) is 10.8. The third-order valence-electron chi connectivity index (χ3n) is 7.25. The van der Waals surface area contributed by atoms with Crippen LogP contribution in [0.25, 0.3) is 0 Å². The summed E-state index contributed by atoms with van der Waals surface area (Å²) < 4.78 is 157. The van der Waals surface area contributed by atoms with E-state index in [1.807, 2.05) is 0 Å². The number of morpholine rings is 1. The van der Waals surface area contributed by atoms with Crippen LogP contribution in [0.5, 0.6) is 5.75 Å². The van der Waals surface area contributed by atoms with Gasteiger partial charge >= 0.3 is 18.5 Å². The van der Waals surface area contributed by atoms with Gasteiger partial charge in [-0.2, -0.15) is 39.5 Å². The highest BCUT2D eigenvalue weighted by atomic mass is 32.2. The predicted octanol–water partition coefficient (Wildman–Crippen LogP) is 6.56. The van der Waals surface area contributed by atoms with Crippen molar-refractivity contribution in [2.75, 3.05) is 54.7 Å². The van der Waals surface area contributed by atoms with Crippen LogP contribution < -0.4 is 14.5 Å². The molecular formula is C29H29F9N4O4S. The number of halogens is 9. The van der Waals surface area contributed by atoms with Gasteiger partial charge in [-0.1, -0.05) is 0 Å². The molecule has 258 valence electrons. The van der Waals surface area contributed by atoms with Crippen molar-refractivity contribution in [3.8, 4) is 5.75 Å². The average molecular weight is 701 g/mol. The van der Waals surface area contributed by atoms with Gasteiger partial charge in [-0.15, -0.1) is 0 Å².